The number of nitrogens with zero attached hydrogens (tertiary/aromatic N) is 4. The van der Waals surface area contributed by atoms with Crippen LogP contribution in [0.25, 0.3) is 0 Å². The molecule has 2 aliphatic heterocycles. The van der Waals surface area contributed by atoms with Crippen LogP contribution in [0.4, 0.5) is 18.0 Å². The topological polar surface area (TPSA) is 111 Å². The fourth-order valence-electron chi connectivity index (χ4n) is 6.90. The van der Waals surface area contributed by atoms with Crippen LogP contribution in [0.5, 0.6) is 0 Å². The first-order valence-electron chi connectivity index (χ1n) is 13.1. The normalized spacial score (nSPS) is 24.6. The molecule has 0 unspecified atom stereocenters. The van der Waals surface area contributed by atoms with Gasteiger partial charge in [0.25, 0.3) is 0 Å². The molecule has 5 aliphatic rings. The first kappa shape index (κ1) is 24.4. The monoisotopic (exact) mass is 550 g/mol. The van der Waals surface area contributed by atoms with E-state index in [0.29, 0.717) is 43.8 Å². The smallest absolute Gasteiger partial charge is 0.328 e. The second-order valence-corrected chi connectivity index (χ2v) is 13.9. The van der Waals surface area contributed by atoms with E-state index >= 15 is 0 Å². The average Bonchev–Trinajstić information content (AvgIpc) is 3.49. The first-order valence-corrected chi connectivity index (χ1v) is 14.6. The van der Waals surface area contributed by atoms with Crippen molar-refractivity contribution in [2.45, 2.75) is 67.5 Å². The second-order valence-electron chi connectivity index (χ2n) is 12.2. The zero-order chi connectivity index (χ0) is 26.5. The van der Waals surface area contributed by atoms with Gasteiger partial charge in [-0.3, -0.25) is 0 Å². The molecule has 204 valence electrons. The molecule has 2 saturated heterocycles. The maximum absolute atomic E-state index is 13.0. The molecule has 5 fully saturated rings. The third kappa shape index (κ3) is 4.09. The van der Waals surface area contributed by atoms with Gasteiger partial charge in [0.05, 0.1) is 10.5 Å². The summed E-state index contributed by atoms with van der Waals surface area (Å²) < 4.78 is 66.7. The summed E-state index contributed by atoms with van der Waals surface area (Å²) in [6.07, 6.45) is 0.950. The molecule has 1 aromatic heterocycles. The van der Waals surface area contributed by atoms with E-state index in [0.717, 1.165) is 55.8 Å². The number of rotatable bonds is 5. The third-order valence-corrected chi connectivity index (χ3v) is 10.5. The molecule has 13 heteroatoms. The molecule has 1 aromatic carbocycles. The number of hydrogen-bond acceptors (Lipinski definition) is 5. The number of likely N-dealkylation sites (tertiary alicyclic amines) is 2. The van der Waals surface area contributed by atoms with E-state index in [9.17, 15) is 26.4 Å². The Bertz CT molecular complexity index is 1380. The van der Waals surface area contributed by atoms with Crippen LogP contribution in [-0.4, -0.2) is 71.7 Å². The molecule has 3 heterocycles. The highest BCUT2D eigenvalue weighted by atomic mass is 32.2. The van der Waals surface area contributed by atoms with Crippen LogP contribution in [0.15, 0.2) is 29.2 Å². The van der Waals surface area contributed by atoms with E-state index in [2.05, 4.69) is 19.9 Å². The molecule has 38 heavy (non-hydrogen) atoms. The van der Waals surface area contributed by atoms with Gasteiger partial charge in [-0.1, -0.05) is 6.07 Å². The quantitative estimate of drug-likeness (QED) is 0.593. The Morgan fingerprint density at radius 2 is 1.53 bits per heavy atom. The number of carbonyl (C=O) groups excluding carboxylic acids is 1. The lowest BCUT2D eigenvalue weighted by molar-refractivity contribution is -0.137. The van der Waals surface area contributed by atoms with Gasteiger partial charge in [-0.25, -0.2) is 17.9 Å². The summed E-state index contributed by atoms with van der Waals surface area (Å²) in [5.74, 6) is 2.95. The maximum atomic E-state index is 13.0. The minimum atomic E-state index is -4.61. The van der Waals surface area contributed by atoms with Gasteiger partial charge in [0.1, 0.15) is 11.6 Å². The number of halogens is 3. The van der Waals surface area contributed by atoms with Crippen molar-refractivity contribution in [3.8, 4) is 0 Å². The number of sulfonamides is 1. The second kappa shape index (κ2) is 7.93. The van der Waals surface area contributed by atoms with Gasteiger partial charge in [-0.05, 0) is 56.7 Å². The summed E-state index contributed by atoms with van der Waals surface area (Å²) in [7, 11) is -4.06. The maximum Gasteiger partial charge on any atom is 0.416 e. The minimum absolute atomic E-state index is 0.0355. The highest BCUT2D eigenvalue weighted by Gasteiger charge is 2.59. The Morgan fingerprint density at radius 1 is 0.947 bits per heavy atom. The van der Waals surface area contributed by atoms with Gasteiger partial charge in [-0.2, -0.15) is 13.2 Å². The molecule has 2 aromatic rings. The van der Waals surface area contributed by atoms with E-state index in [1.165, 1.54) is 12.8 Å². The zero-order valence-corrected chi connectivity index (χ0v) is 21.5. The fraction of sp³-hybridized carbons (Fsp3) is 0.640. The summed E-state index contributed by atoms with van der Waals surface area (Å²) in [5, 5.41) is 8.62. The molecule has 0 radical (unpaired) electrons. The van der Waals surface area contributed by atoms with Crippen molar-refractivity contribution in [3.63, 3.8) is 0 Å². The van der Waals surface area contributed by atoms with Gasteiger partial charge < -0.3 is 14.8 Å². The van der Waals surface area contributed by atoms with Crippen LogP contribution in [0.1, 0.15) is 67.6 Å². The summed E-state index contributed by atoms with van der Waals surface area (Å²) in [6.45, 7) is 2.69. The van der Waals surface area contributed by atoms with Crippen molar-refractivity contribution in [1.29, 1.82) is 0 Å². The standard InChI is InChI=1S/C25H29F3N6O3S/c26-25(27,28)17-2-1-3-19(6-17)38(36,37)32-18-9-24(10-18)13-34(14-24)22(35)33-11-23(12-33)7-16(8-23)21-29-20(30-31-21)15-4-5-15/h1-3,6,15-16,18,32H,4-5,7-14H2,(H,29,30,31). The number of urea groups is 1. The van der Waals surface area contributed by atoms with E-state index in [-0.39, 0.29) is 22.9 Å². The Morgan fingerprint density at radius 3 is 2.11 bits per heavy atom. The average molecular weight is 551 g/mol. The van der Waals surface area contributed by atoms with Gasteiger partial charge in [-0.15, -0.1) is 10.2 Å². The predicted molar refractivity (Wildman–Crippen MR) is 129 cm³/mol. The van der Waals surface area contributed by atoms with E-state index < -0.39 is 26.7 Å². The number of aromatic nitrogens is 3. The lowest BCUT2D eigenvalue weighted by Crippen LogP contribution is -2.72. The predicted octanol–water partition coefficient (Wildman–Crippen LogP) is 3.44. The van der Waals surface area contributed by atoms with Gasteiger partial charge >= 0.3 is 12.2 Å². The highest BCUT2D eigenvalue weighted by Crippen LogP contribution is 2.56. The van der Waals surface area contributed by atoms with E-state index in [1.54, 1.807) is 0 Å². The molecule has 3 aliphatic carbocycles. The van der Waals surface area contributed by atoms with Crippen molar-refractivity contribution < 1.29 is 26.4 Å². The van der Waals surface area contributed by atoms with Crippen LogP contribution < -0.4 is 4.72 Å². The Labute approximate surface area is 218 Å². The lowest BCUT2D eigenvalue weighted by Gasteiger charge is -2.63. The van der Waals surface area contributed by atoms with Crippen molar-refractivity contribution in [2.24, 2.45) is 10.8 Å². The van der Waals surface area contributed by atoms with Crippen LogP contribution in [-0.2, 0) is 16.2 Å². The molecule has 9 nitrogen and oxygen atoms in total. The number of amides is 2. The molecular weight excluding hydrogens is 521 g/mol. The molecule has 0 bridgehead atoms. The number of benzene rings is 1. The number of nitrogens with one attached hydrogen (secondary N) is 2. The Hall–Kier alpha value is -2.67. The highest BCUT2D eigenvalue weighted by molar-refractivity contribution is 7.89. The van der Waals surface area contributed by atoms with Crippen LogP contribution >= 0.6 is 0 Å². The molecule has 7 rings (SSSR count). The lowest BCUT2D eigenvalue weighted by atomic mass is 9.57. The minimum Gasteiger partial charge on any atom is -0.328 e. The van der Waals surface area contributed by atoms with Crippen molar-refractivity contribution in [2.75, 3.05) is 26.2 Å². The number of alkyl halides is 3. The summed E-state index contributed by atoms with van der Waals surface area (Å²) >= 11 is 0. The first-order chi connectivity index (χ1) is 17.9. The number of aromatic amines is 1. The molecule has 0 atom stereocenters. The Kier molecular flexibility index (Phi) is 5.09. The van der Waals surface area contributed by atoms with Gasteiger partial charge in [0.2, 0.25) is 10.0 Å². The van der Waals surface area contributed by atoms with Gasteiger partial charge in [0.15, 0.2) is 0 Å². The number of H-pyrrole nitrogens is 1. The summed E-state index contributed by atoms with van der Waals surface area (Å²) in [4.78, 5) is 19.6. The largest absolute Gasteiger partial charge is 0.416 e. The van der Waals surface area contributed by atoms with E-state index in [1.807, 2.05) is 9.80 Å². The van der Waals surface area contributed by atoms with E-state index in [4.69, 9.17) is 0 Å². The summed E-state index contributed by atoms with van der Waals surface area (Å²) in [5.41, 5.74) is -0.908. The van der Waals surface area contributed by atoms with Crippen molar-refractivity contribution in [1.82, 2.24) is 29.7 Å². The SMILES string of the molecule is O=C(N1CC2(CC(NS(=O)(=O)c3cccc(C(F)(F)F)c3)C2)C1)N1CC2(CC(c3nnc(C4CC4)[nH]3)C2)C1. The summed E-state index contributed by atoms with van der Waals surface area (Å²) in [6, 6.07) is 3.45. The molecule has 2 amide bonds. The number of hydrogen-bond donors (Lipinski definition) is 2. The zero-order valence-electron chi connectivity index (χ0n) is 20.7. The molecule has 2 spiro atoms. The molecule has 2 N–H and O–H groups in total. The number of carbonyl (C=O) groups is 1. The van der Waals surface area contributed by atoms with Crippen molar-refractivity contribution in [3.05, 3.63) is 41.5 Å². The van der Waals surface area contributed by atoms with Crippen molar-refractivity contribution >= 4 is 16.1 Å². The molecular formula is C25H29F3N6O3S. The third-order valence-electron chi connectivity index (χ3n) is 9.03. The Balaban J connectivity index is 0.861. The fourth-order valence-corrected chi connectivity index (χ4v) is 8.18. The van der Waals surface area contributed by atoms with Crippen LogP contribution in [0.2, 0.25) is 0 Å². The van der Waals surface area contributed by atoms with Crippen LogP contribution in [0, 0.1) is 10.8 Å². The van der Waals surface area contributed by atoms with Gasteiger partial charge in [0, 0.05) is 54.9 Å². The molecule has 3 saturated carbocycles. The van der Waals surface area contributed by atoms with Crippen LogP contribution in [0.3, 0.4) is 0 Å².